The molecule has 0 aliphatic carbocycles. The van der Waals surface area contributed by atoms with E-state index in [1.165, 1.54) is 4.88 Å². The van der Waals surface area contributed by atoms with Crippen LogP contribution in [0, 0.1) is 0 Å². The largest absolute Gasteiger partial charge is 0.310 e. The fraction of sp³-hybridized carbons (Fsp3) is 0.300. The zero-order chi connectivity index (χ0) is 10.5. The molecule has 2 aromatic heterocycles. The molecule has 5 heteroatoms. The van der Waals surface area contributed by atoms with Crippen LogP contribution in [0.2, 0.25) is 0 Å². The third kappa shape index (κ3) is 3.44. The van der Waals surface area contributed by atoms with Gasteiger partial charge in [-0.25, -0.2) is 0 Å². The smallest absolute Gasteiger partial charge is 0.0534 e. The van der Waals surface area contributed by atoms with Gasteiger partial charge in [0.15, 0.2) is 0 Å². The van der Waals surface area contributed by atoms with E-state index in [-0.39, 0.29) is 0 Å². The van der Waals surface area contributed by atoms with Crippen LogP contribution < -0.4 is 5.32 Å². The molecular formula is C10H12BrN3S. The van der Waals surface area contributed by atoms with E-state index in [9.17, 15) is 0 Å². The molecule has 0 spiro atoms. The van der Waals surface area contributed by atoms with Crippen LogP contribution in [-0.4, -0.2) is 16.3 Å². The molecule has 2 heterocycles. The number of aromatic nitrogens is 2. The minimum Gasteiger partial charge on any atom is -0.310 e. The third-order valence-electron chi connectivity index (χ3n) is 2.00. The fourth-order valence-electron chi connectivity index (χ4n) is 1.28. The molecule has 0 fully saturated rings. The van der Waals surface area contributed by atoms with E-state index in [2.05, 4.69) is 37.8 Å². The molecule has 0 bridgehead atoms. The molecule has 2 rings (SSSR count). The Hall–Kier alpha value is -0.650. The monoisotopic (exact) mass is 285 g/mol. The number of nitrogens with one attached hydrogen (secondary N) is 1. The summed E-state index contributed by atoms with van der Waals surface area (Å²) in [7, 11) is 0. The highest BCUT2D eigenvalue weighted by Gasteiger charge is 1.96. The lowest BCUT2D eigenvalue weighted by Gasteiger charge is -2.02. The van der Waals surface area contributed by atoms with E-state index in [0.29, 0.717) is 0 Å². The minimum atomic E-state index is 0.916. The van der Waals surface area contributed by atoms with Gasteiger partial charge in [0, 0.05) is 40.2 Å². The van der Waals surface area contributed by atoms with Gasteiger partial charge in [-0.05, 0) is 28.1 Å². The first-order valence-corrected chi connectivity index (χ1v) is 6.43. The SMILES string of the molecule is Brc1csc(CNCCn2cccn2)c1. The van der Waals surface area contributed by atoms with Gasteiger partial charge in [0.2, 0.25) is 0 Å². The standard InChI is InChI=1S/C10H12BrN3S/c11-9-6-10(15-8-9)7-12-3-5-14-4-1-2-13-14/h1-2,4,6,8,12H,3,5,7H2. The van der Waals surface area contributed by atoms with Gasteiger partial charge in [-0.1, -0.05) is 0 Å². The maximum Gasteiger partial charge on any atom is 0.0534 e. The van der Waals surface area contributed by atoms with Gasteiger partial charge in [0.25, 0.3) is 0 Å². The average molecular weight is 286 g/mol. The first kappa shape index (κ1) is 10.9. The predicted molar refractivity (Wildman–Crippen MR) is 66.0 cm³/mol. The molecular weight excluding hydrogens is 274 g/mol. The quantitative estimate of drug-likeness (QED) is 0.856. The molecule has 2 aromatic rings. The van der Waals surface area contributed by atoms with E-state index in [1.807, 2.05) is 16.9 Å². The molecule has 15 heavy (non-hydrogen) atoms. The molecule has 0 aliphatic heterocycles. The van der Waals surface area contributed by atoms with E-state index >= 15 is 0 Å². The molecule has 0 radical (unpaired) electrons. The second-order valence-corrected chi connectivity index (χ2v) is 5.09. The molecule has 0 saturated carbocycles. The Balaban J connectivity index is 1.67. The van der Waals surface area contributed by atoms with Gasteiger partial charge in [-0.15, -0.1) is 11.3 Å². The zero-order valence-corrected chi connectivity index (χ0v) is 10.6. The second-order valence-electron chi connectivity index (χ2n) is 3.18. The Morgan fingerprint density at radius 1 is 1.53 bits per heavy atom. The lowest BCUT2D eigenvalue weighted by Crippen LogP contribution is -2.19. The van der Waals surface area contributed by atoms with Crippen molar-refractivity contribution in [1.82, 2.24) is 15.1 Å². The van der Waals surface area contributed by atoms with E-state index in [4.69, 9.17) is 0 Å². The second kappa shape index (κ2) is 5.44. The number of hydrogen-bond donors (Lipinski definition) is 1. The Morgan fingerprint density at radius 2 is 2.47 bits per heavy atom. The van der Waals surface area contributed by atoms with Crippen LogP contribution in [0.3, 0.4) is 0 Å². The molecule has 0 amide bonds. The number of thiophene rings is 1. The van der Waals surface area contributed by atoms with Gasteiger partial charge in [0.05, 0.1) is 6.54 Å². The van der Waals surface area contributed by atoms with Crippen molar-refractivity contribution in [3.63, 3.8) is 0 Å². The van der Waals surface area contributed by atoms with E-state index in [1.54, 1.807) is 17.5 Å². The first-order valence-electron chi connectivity index (χ1n) is 4.75. The van der Waals surface area contributed by atoms with Crippen LogP contribution >= 0.6 is 27.3 Å². The summed E-state index contributed by atoms with van der Waals surface area (Å²) in [6, 6.07) is 4.09. The van der Waals surface area contributed by atoms with Crippen LogP contribution in [-0.2, 0) is 13.1 Å². The zero-order valence-electron chi connectivity index (χ0n) is 8.19. The fourth-order valence-corrected chi connectivity index (χ4v) is 2.71. The van der Waals surface area contributed by atoms with Crippen molar-refractivity contribution in [1.29, 1.82) is 0 Å². The average Bonchev–Trinajstić information content (AvgIpc) is 2.84. The predicted octanol–water partition coefficient (Wildman–Crippen LogP) is 2.50. The minimum absolute atomic E-state index is 0.916. The summed E-state index contributed by atoms with van der Waals surface area (Å²) >= 11 is 5.21. The van der Waals surface area contributed by atoms with Crippen LogP contribution in [0.5, 0.6) is 0 Å². The van der Waals surface area contributed by atoms with Gasteiger partial charge in [-0.2, -0.15) is 5.10 Å². The number of hydrogen-bond acceptors (Lipinski definition) is 3. The van der Waals surface area contributed by atoms with Gasteiger partial charge < -0.3 is 5.32 Å². The number of rotatable bonds is 5. The van der Waals surface area contributed by atoms with Gasteiger partial charge in [-0.3, -0.25) is 4.68 Å². The highest BCUT2D eigenvalue weighted by atomic mass is 79.9. The molecule has 80 valence electrons. The van der Waals surface area contributed by atoms with Crippen molar-refractivity contribution in [2.75, 3.05) is 6.54 Å². The van der Waals surface area contributed by atoms with Crippen molar-refractivity contribution in [2.24, 2.45) is 0 Å². The Kier molecular flexibility index (Phi) is 3.94. The maximum absolute atomic E-state index is 4.14. The van der Waals surface area contributed by atoms with Crippen molar-refractivity contribution >= 4 is 27.3 Å². The number of halogens is 1. The van der Waals surface area contributed by atoms with Crippen LogP contribution in [0.25, 0.3) is 0 Å². The van der Waals surface area contributed by atoms with Crippen molar-refractivity contribution in [3.05, 3.63) is 39.3 Å². The molecule has 0 saturated heterocycles. The summed E-state index contributed by atoms with van der Waals surface area (Å²) in [6.45, 7) is 2.79. The summed E-state index contributed by atoms with van der Waals surface area (Å²) in [6.07, 6.45) is 3.78. The number of nitrogens with zero attached hydrogens (tertiary/aromatic N) is 2. The highest BCUT2D eigenvalue weighted by molar-refractivity contribution is 9.10. The molecule has 0 atom stereocenters. The Labute approximate surface area is 101 Å². The summed E-state index contributed by atoms with van der Waals surface area (Å²) in [4.78, 5) is 1.35. The lowest BCUT2D eigenvalue weighted by molar-refractivity contribution is 0.557. The molecule has 0 aliphatic rings. The lowest BCUT2D eigenvalue weighted by atomic mass is 10.4. The normalized spacial score (nSPS) is 10.7. The summed E-state index contributed by atoms with van der Waals surface area (Å²) < 4.78 is 3.09. The van der Waals surface area contributed by atoms with E-state index < -0.39 is 0 Å². The molecule has 0 aromatic carbocycles. The molecule has 3 nitrogen and oxygen atoms in total. The van der Waals surface area contributed by atoms with Crippen LogP contribution in [0.1, 0.15) is 4.88 Å². The topological polar surface area (TPSA) is 29.9 Å². The van der Waals surface area contributed by atoms with Crippen molar-refractivity contribution in [2.45, 2.75) is 13.1 Å². The Morgan fingerprint density at radius 3 is 3.13 bits per heavy atom. The van der Waals surface area contributed by atoms with E-state index in [0.717, 1.165) is 24.1 Å². The highest BCUT2D eigenvalue weighted by Crippen LogP contribution is 2.19. The molecule has 1 N–H and O–H groups in total. The van der Waals surface area contributed by atoms with Gasteiger partial charge in [0.1, 0.15) is 0 Å². The molecule has 0 unspecified atom stereocenters. The maximum atomic E-state index is 4.14. The summed E-state index contributed by atoms with van der Waals surface area (Å²) in [5, 5.41) is 9.62. The van der Waals surface area contributed by atoms with Crippen molar-refractivity contribution < 1.29 is 0 Å². The van der Waals surface area contributed by atoms with Gasteiger partial charge >= 0.3 is 0 Å². The van der Waals surface area contributed by atoms with Crippen LogP contribution in [0.15, 0.2) is 34.4 Å². The van der Waals surface area contributed by atoms with Crippen LogP contribution in [0.4, 0.5) is 0 Å². The Bertz CT molecular complexity index is 396. The third-order valence-corrected chi connectivity index (χ3v) is 3.70. The summed E-state index contributed by atoms with van der Waals surface area (Å²) in [5.74, 6) is 0. The first-order chi connectivity index (χ1) is 7.34. The van der Waals surface area contributed by atoms with Crippen molar-refractivity contribution in [3.8, 4) is 0 Å². The summed E-state index contributed by atoms with van der Waals surface area (Å²) in [5.41, 5.74) is 0.